The summed E-state index contributed by atoms with van der Waals surface area (Å²) < 4.78 is 11.5. The number of rotatable bonds is 4. The van der Waals surface area contributed by atoms with Crippen LogP contribution in [0.4, 0.5) is 0 Å². The van der Waals surface area contributed by atoms with Crippen LogP contribution in [-0.4, -0.2) is 19.0 Å². The van der Waals surface area contributed by atoms with E-state index in [1.165, 1.54) is 6.92 Å². The van der Waals surface area contributed by atoms with Gasteiger partial charge in [0.15, 0.2) is 11.9 Å². The summed E-state index contributed by atoms with van der Waals surface area (Å²) in [5, 5.41) is 0. The maximum Gasteiger partial charge on any atom is 0.169 e. The van der Waals surface area contributed by atoms with Crippen molar-refractivity contribution in [3.63, 3.8) is 0 Å². The molecule has 0 spiro atoms. The van der Waals surface area contributed by atoms with Gasteiger partial charge in [-0.1, -0.05) is 6.07 Å². The van der Waals surface area contributed by atoms with Crippen molar-refractivity contribution in [2.75, 3.05) is 7.11 Å². The molecule has 0 aliphatic heterocycles. The molecule has 0 radical (unpaired) electrons. The van der Waals surface area contributed by atoms with E-state index in [4.69, 9.17) is 9.47 Å². The molecule has 1 aromatic rings. The van der Waals surface area contributed by atoms with Gasteiger partial charge in [0, 0.05) is 0 Å². The molecule has 0 aliphatic carbocycles. The molecule has 4 heteroatoms. The van der Waals surface area contributed by atoms with Crippen LogP contribution in [0.3, 0.4) is 0 Å². The van der Waals surface area contributed by atoms with Crippen LogP contribution in [0.15, 0.2) is 18.2 Å². The molecule has 15 heavy (non-hydrogen) atoms. The fourth-order valence-corrected chi connectivity index (χ4v) is 1.72. The summed E-state index contributed by atoms with van der Waals surface area (Å²) in [6.07, 6.45) is -0.425. The first-order valence-electron chi connectivity index (χ1n) is 4.56. The van der Waals surface area contributed by atoms with Gasteiger partial charge in [0.25, 0.3) is 0 Å². The van der Waals surface area contributed by atoms with Crippen LogP contribution in [0.1, 0.15) is 13.8 Å². The van der Waals surface area contributed by atoms with Gasteiger partial charge in [0.1, 0.15) is 11.5 Å². The number of halogens is 1. The van der Waals surface area contributed by atoms with E-state index in [-0.39, 0.29) is 5.78 Å². The van der Waals surface area contributed by atoms with Crippen molar-refractivity contribution < 1.29 is 14.3 Å². The SMILES string of the molecule is COc1cccc(OC(C)C(C)=O)c1I. The van der Waals surface area contributed by atoms with Crippen molar-refractivity contribution in [2.24, 2.45) is 0 Å². The number of benzene rings is 1. The lowest BCUT2D eigenvalue weighted by molar-refractivity contribution is -0.122. The minimum Gasteiger partial charge on any atom is -0.496 e. The highest BCUT2D eigenvalue weighted by Crippen LogP contribution is 2.30. The molecule has 1 rings (SSSR count). The van der Waals surface area contributed by atoms with Crippen LogP contribution >= 0.6 is 22.6 Å². The third-order valence-corrected chi connectivity index (χ3v) is 3.09. The van der Waals surface area contributed by atoms with Crippen LogP contribution < -0.4 is 9.47 Å². The smallest absolute Gasteiger partial charge is 0.169 e. The topological polar surface area (TPSA) is 35.5 Å². The summed E-state index contributed by atoms with van der Waals surface area (Å²) in [5.74, 6) is 1.44. The Morgan fingerprint density at radius 2 is 2.00 bits per heavy atom. The lowest BCUT2D eigenvalue weighted by Gasteiger charge is -2.14. The van der Waals surface area contributed by atoms with Gasteiger partial charge in [0.05, 0.1) is 10.7 Å². The second kappa shape index (κ2) is 5.34. The largest absolute Gasteiger partial charge is 0.496 e. The molecule has 0 bridgehead atoms. The Hall–Kier alpha value is -0.780. The number of carbonyl (C=O) groups excluding carboxylic acids is 1. The summed E-state index contributed by atoms with van der Waals surface area (Å²) in [5.41, 5.74) is 0. The monoisotopic (exact) mass is 320 g/mol. The van der Waals surface area contributed by atoms with E-state index in [1.807, 2.05) is 18.2 Å². The Kier molecular flexibility index (Phi) is 4.38. The Morgan fingerprint density at radius 1 is 1.40 bits per heavy atom. The number of hydrogen-bond acceptors (Lipinski definition) is 3. The summed E-state index contributed by atoms with van der Waals surface area (Å²) in [6.45, 7) is 3.25. The zero-order valence-electron chi connectivity index (χ0n) is 8.91. The van der Waals surface area contributed by atoms with Gasteiger partial charge in [-0.3, -0.25) is 4.79 Å². The fourth-order valence-electron chi connectivity index (χ4n) is 1.01. The molecule has 0 saturated heterocycles. The van der Waals surface area contributed by atoms with Crippen LogP contribution in [0, 0.1) is 3.57 Å². The molecule has 1 unspecified atom stereocenters. The molecule has 0 amide bonds. The van der Waals surface area contributed by atoms with Crippen LogP contribution in [0.2, 0.25) is 0 Å². The molecular weight excluding hydrogens is 307 g/mol. The minimum absolute atomic E-state index is 0.00798. The van der Waals surface area contributed by atoms with E-state index in [0.717, 1.165) is 9.32 Å². The highest BCUT2D eigenvalue weighted by atomic mass is 127. The molecule has 0 heterocycles. The number of Topliss-reactive ketones (excluding diaryl/α,β-unsaturated/α-hetero) is 1. The predicted octanol–water partition coefficient (Wildman–Crippen LogP) is 2.66. The van der Waals surface area contributed by atoms with Crippen LogP contribution in [0.25, 0.3) is 0 Å². The summed E-state index contributed by atoms with van der Waals surface area (Å²) in [6, 6.07) is 5.51. The average Bonchev–Trinajstić information content (AvgIpc) is 2.21. The minimum atomic E-state index is -0.425. The van der Waals surface area contributed by atoms with E-state index in [9.17, 15) is 4.79 Å². The Balaban J connectivity index is 2.90. The van der Waals surface area contributed by atoms with E-state index in [0.29, 0.717) is 5.75 Å². The summed E-state index contributed by atoms with van der Waals surface area (Å²) in [7, 11) is 1.61. The molecule has 0 aromatic heterocycles. The van der Waals surface area contributed by atoms with Crippen molar-refractivity contribution >= 4 is 28.4 Å². The third kappa shape index (κ3) is 3.09. The van der Waals surface area contributed by atoms with Crippen LogP contribution in [-0.2, 0) is 4.79 Å². The zero-order chi connectivity index (χ0) is 11.4. The van der Waals surface area contributed by atoms with E-state index >= 15 is 0 Å². The molecule has 1 atom stereocenters. The van der Waals surface area contributed by atoms with Gasteiger partial charge in [-0.25, -0.2) is 0 Å². The van der Waals surface area contributed by atoms with Gasteiger partial charge < -0.3 is 9.47 Å². The summed E-state index contributed by atoms with van der Waals surface area (Å²) >= 11 is 2.14. The van der Waals surface area contributed by atoms with Gasteiger partial charge in [-0.05, 0) is 48.6 Å². The normalized spacial score (nSPS) is 12.0. The van der Waals surface area contributed by atoms with E-state index < -0.39 is 6.10 Å². The van der Waals surface area contributed by atoms with Gasteiger partial charge in [-0.2, -0.15) is 0 Å². The lowest BCUT2D eigenvalue weighted by atomic mass is 10.3. The first-order chi connectivity index (χ1) is 7.06. The maximum atomic E-state index is 11.1. The standard InChI is InChI=1S/C11H13IO3/c1-7(13)8(2)15-10-6-4-5-9(14-3)11(10)12/h4-6,8H,1-3H3. The van der Waals surface area contributed by atoms with Crippen LogP contribution in [0.5, 0.6) is 11.5 Å². The highest BCUT2D eigenvalue weighted by molar-refractivity contribution is 14.1. The quantitative estimate of drug-likeness (QED) is 0.800. The van der Waals surface area contributed by atoms with E-state index in [2.05, 4.69) is 22.6 Å². The molecule has 1 aromatic carbocycles. The Labute approximate surface area is 103 Å². The van der Waals surface area contributed by atoms with Gasteiger partial charge >= 0.3 is 0 Å². The zero-order valence-corrected chi connectivity index (χ0v) is 11.1. The molecule has 3 nitrogen and oxygen atoms in total. The molecule has 0 saturated carbocycles. The lowest BCUT2D eigenvalue weighted by Crippen LogP contribution is -2.21. The van der Waals surface area contributed by atoms with Crippen molar-refractivity contribution in [3.8, 4) is 11.5 Å². The van der Waals surface area contributed by atoms with Gasteiger partial charge in [0.2, 0.25) is 0 Å². The second-order valence-electron chi connectivity index (χ2n) is 3.14. The third-order valence-electron chi connectivity index (χ3n) is 2.02. The molecule has 0 N–H and O–H groups in total. The van der Waals surface area contributed by atoms with Crippen molar-refractivity contribution in [1.29, 1.82) is 0 Å². The second-order valence-corrected chi connectivity index (χ2v) is 4.22. The average molecular weight is 320 g/mol. The number of ether oxygens (including phenoxy) is 2. The first-order valence-corrected chi connectivity index (χ1v) is 5.63. The van der Waals surface area contributed by atoms with Crippen molar-refractivity contribution in [3.05, 3.63) is 21.8 Å². The number of carbonyl (C=O) groups is 1. The van der Waals surface area contributed by atoms with Gasteiger partial charge in [-0.15, -0.1) is 0 Å². The number of methoxy groups -OCH3 is 1. The molecule has 82 valence electrons. The highest BCUT2D eigenvalue weighted by Gasteiger charge is 2.13. The first kappa shape index (κ1) is 12.3. The molecule has 0 aliphatic rings. The predicted molar refractivity (Wildman–Crippen MR) is 66.5 cm³/mol. The van der Waals surface area contributed by atoms with Crippen molar-refractivity contribution in [2.45, 2.75) is 20.0 Å². The van der Waals surface area contributed by atoms with E-state index in [1.54, 1.807) is 14.0 Å². The maximum absolute atomic E-state index is 11.1. The number of ketones is 1. The fraction of sp³-hybridized carbons (Fsp3) is 0.364. The van der Waals surface area contributed by atoms with Crippen molar-refractivity contribution in [1.82, 2.24) is 0 Å². The number of hydrogen-bond donors (Lipinski definition) is 0. The Bertz CT molecular complexity index is 363. The summed E-state index contributed by atoms with van der Waals surface area (Å²) in [4.78, 5) is 11.1. The molecular formula is C11H13IO3. The molecule has 0 fully saturated rings. The Morgan fingerprint density at radius 3 is 2.53 bits per heavy atom.